The molecule has 1 aromatic carbocycles. The Hall–Kier alpha value is -1.30. The first-order chi connectivity index (χ1) is 10.1. The van der Waals surface area contributed by atoms with Gasteiger partial charge >= 0.3 is 0 Å². The molecule has 1 fully saturated rings. The summed E-state index contributed by atoms with van der Waals surface area (Å²) in [5, 5.41) is 1.27. The van der Waals surface area contributed by atoms with E-state index < -0.39 is 0 Å². The number of hydrogen-bond acceptors (Lipinski definition) is 4. The monoisotopic (exact) mass is 341 g/mol. The lowest BCUT2D eigenvalue weighted by molar-refractivity contribution is 0.0751. The highest BCUT2D eigenvalue weighted by molar-refractivity contribution is 7.11. The van der Waals surface area contributed by atoms with Gasteiger partial charge in [-0.05, 0) is 18.2 Å². The first kappa shape index (κ1) is 14.6. The van der Waals surface area contributed by atoms with Crippen molar-refractivity contribution in [3.63, 3.8) is 0 Å². The lowest BCUT2D eigenvalue weighted by Gasteiger charge is -2.36. The summed E-state index contributed by atoms with van der Waals surface area (Å²) in [5.74, 6) is 0.0550. The molecule has 0 atom stereocenters. The predicted molar refractivity (Wildman–Crippen MR) is 86.7 cm³/mol. The summed E-state index contributed by atoms with van der Waals surface area (Å²) in [6, 6.07) is 5.50. The van der Waals surface area contributed by atoms with Gasteiger partial charge in [0, 0.05) is 31.2 Å². The van der Waals surface area contributed by atoms with Crippen LogP contribution in [0.25, 0.3) is 0 Å². The van der Waals surface area contributed by atoms with E-state index in [2.05, 4.69) is 9.88 Å². The second kappa shape index (κ2) is 6.22. The zero-order chi connectivity index (χ0) is 14.8. The van der Waals surface area contributed by atoms with Gasteiger partial charge in [-0.1, -0.05) is 23.2 Å². The molecule has 4 nitrogen and oxygen atoms in total. The number of amides is 1. The van der Waals surface area contributed by atoms with Crippen molar-refractivity contribution in [2.45, 2.75) is 0 Å². The summed E-state index contributed by atoms with van der Waals surface area (Å²) in [4.78, 5) is 20.9. The first-order valence-corrected chi connectivity index (χ1v) is 8.16. The molecular weight excluding hydrogens is 329 g/mol. The molecule has 0 aliphatic carbocycles. The maximum atomic E-state index is 12.2. The second-order valence-corrected chi connectivity index (χ2v) is 6.47. The van der Waals surface area contributed by atoms with Crippen LogP contribution in [0.4, 0.5) is 5.69 Å². The van der Waals surface area contributed by atoms with Gasteiger partial charge < -0.3 is 9.80 Å². The third-order valence-corrected chi connectivity index (χ3v) is 4.76. The fraction of sp³-hybridized carbons (Fsp3) is 0.286. The topological polar surface area (TPSA) is 36.4 Å². The van der Waals surface area contributed by atoms with E-state index in [1.165, 1.54) is 11.3 Å². The summed E-state index contributed by atoms with van der Waals surface area (Å²) in [6.45, 7) is 2.86. The van der Waals surface area contributed by atoms with Crippen molar-refractivity contribution in [3.05, 3.63) is 44.8 Å². The van der Waals surface area contributed by atoms with Crippen molar-refractivity contribution in [3.8, 4) is 0 Å². The van der Waals surface area contributed by atoms with Crippen LogP contribution in [0.15, 0.2) is 29.9 Å². The SMILES string of the molecule is O=C(c1cncs1)N1CCN(c2ccc(Cl)cc2Cl)CC1. The lowest BCUT2D eigenvalue weighted by Crippen LogP contribution is -2.48. The number of aromatic nitrogens is 1. The van der Waals surface area contributed by atoms with Gasteiger partial charge in [-0.2, -0.15) is 0 Å². The largest absolute Gasteiger partial charge is 0.367 e. The normalized spacial score (nSPS) is 15.3. The zero-order valence-corrected chi connectivity index (χ0v) is 13.5. The maximum absolute atomic E-state index is 12.2. The van der Waals surface area contributed by atoms with E-state index >= 15 is 0 Å². The smallest absolute Gasteiger partial charge is 0.265 e. The molecule has 1 aliphatic rings. The minimum absolute atomic E-state index is 0.0550. The van der Waals surface area contributed by atoms with Gasteiger partial charge in [0.25, 0.3) is 5.91 Å². The Balaban J connectivity index is 1.66. The van der Waals surface area contributed by atoms with Gasteiger partial charge in [0.15, 0.2) is 0 Å². The number of halogens is 2. The summed E-state index contributed by atoms with van der Waals surface area (Å²) in [5.41, 5.74) is 2.64. The van der Waals surface area contributed by atoms with Gasteiger partial charge in [0.05, 0.1) is 22.4 Å². The van der Waals surface area contributed by atoms with Crippen LogP contribution in [0.3, 0.4) is 0 Å². The number of nitrogens with zero attached hydrogens (tertiary/aromatic N) is 3. The lowest BCUT2D eigenvalue weighted by atomic mass is 10.2. The van der Waals surface area contributed by atoms with Crippen molar-refractivity contribution in [2.24, 2.45) is 0 Å². The quantitative estimate of drug-likeness (QED) is 0.839. The molecule has 3 rings (SSSR count). The van der Waals surface area contributed by atoms with Crippen LogP contribution in [0.5, 0.6) is 0 Å². The predicted octanol–water partition coefficient (Wildman–Crippen LogP) is 3.41. The number of anilines is 1. The molecule has 0 saturated carbocycles. The molecule has 21 heavy (non-hydrogen) atoms. The van der Waals surface area contributed by atoms with E-state index in [4.69, 9.17) is 23.2 Å². The van der Waals surface area contributed by atoms with Crippen LogP contribution in [0.1, 0.15) is 9.67 Å². The molecule has 1 amide bonds. The molecule has 7 heteroatoms. The summed E-state index contributed by atoms with van der Waals surface area (Å²) >= 11 is 13.5. The Bertz CT molecular complexity index is 640. The number of carbonyl (C=O) groups is 1. The molecule has 1 saturated heterocycles. The van der Waals surface area contributed by atoms with Crippen molar-refractivity contribution >= 4 is 46.1 Å². The van der Waals surface area contributed by atoms with Crippen molar-refractivity contribution in [1.82, 2.24) is 9.88 Å². The molecule has 110 valence electrons. The third kappa shape index (κ3) is 3.15. The van der Waals surface area contributed by atoms with Gasteiger partial charge in [0.1, 0.15) is 4.88 Å². The summed E-state index contributed by atoms with van der Waals surface area (Å²) in [6.07, 6.45) is 1.62. The highest BCUT2D eigenvalue weighted by atomic mass is 35.5. The highest BCUT2D eigenvalue weighted by Crippen LogP contribution is 2.29. The van der Waals surface area contributed by atoms with Gasteiger partial charge in [-0.3, -0.25) is 9.78 Å². The Morgan fingerprint density at radius 2 is 1.95 bits per heavy atom. The van der Waals surface area contributed by atoms with E-state index in [9.17, 15) is 4.79 Å². The fourth-order valence-electron chi connectivity index (χ4n) is 2.37. The average molecular weight is 342 g/mol. The summed E-state index contributed by atoms with van der Waals surface area (Å²) < 4.78 is 0. The number of piperazine rings is 1. The Morgan fingerprint density at radius 3 is 2.57 bits per heavy atom. The molecule has 0 spiro atoms. The first-order valence-electron chi connectivity index (χ1n) is 6.53. The van der Waals surface area contributed by atoms with Gasteiger partial charge in [0.2, 0.25) is 0 Å². The average Bonchev–Trinajstić information content (AvgIpc) is 3.01. The van der Waals surface area contributed by atoms with Crippen LogP contribution >= 0.6 is 34.5 Å². The van der Waals surface area contributed by atoms with Crippen LogP contribution in [-0.2, 0) is 0 Å². The minimum Gasteiger partial charge on any atom is -0.367 e. The second-order valence-electron chi connectivity index (χ2n) is 4.74. The van der Waals surface area contributed by atoms with Crippen molar-refractivity contribution in [2.75, 3.05) is 31.1 Å². The Kier molecular flexibility index (Phi) is 4.33. The van der Waals surface area contributed by atoms with E-state index in [1.807, 2.05) is 17.0 Å². The maximum Gasteiger partial charge on any atom is 0.265 e. The minimum atomic E-state index is 0.0550. The van der Waals surface area contributed by atoms with Crippen molar-refractivity contribution < 1.29 is 4.79 Å². The van der Waals surface area contributed by atoms with E-state index in [0.29, 0.717) is 28.0 Å². The van der Waals surface area contributed by atoms with Gasteiger partial charge in [-0.25, -0.2) is 0 Å². The Morgan fingerprint density at radius 1 is 1.19 bits per heavy atom. The van der Waals surface area contributed by atoms with Crippen LogP contribution in [0.2, 0.25) is 10.0 Å². The van der Waals surface area contributed by atoms with E-state index in [0.717, 1.165) is 18.8 Å². The molecule has 0 radical (unpaired) electrons. The molecule has 1 aliphatic heterocycles. The summed E-state index contributed by atoms with van der Waals surface area (Å²) in [7, 11) is 0. The van der Waals surface area contributed by atoms with E-state index in [1.54, 1.807) is 17.8 Å². The molecule has 0 N–H and O–H groups in total. The third-order valence-electron chi connectivity index (χ3n) is 3.46. The number of carbonyl (C=O) groups excluding carboxylic acids is 1. The van der Waals surface area contributed by atoms with Gasteiger partial charge in [-0.15, -0.1) is 11.3 Å². The Labute approximate surface area is 136 Å². The van der Waals surface area contributed by atoms with Crippen LogP contribution in [0, 0.1) is 0 Å². The fourth-order valence-corrected chi connectivity index (χ4v) is 3.48. The van der Waals surface area contributed by atoms with E-state index in [-0.39, 0.29) is 5.91 Å². The molecule has 0 bridgehead atoms. The highest BCUT2D eigenvalue weighted by Gasteiger charge is 2.24. The number of rotatable bonds is 2. The number of hydrogen-bond donors (Lipinski definition) is 0. The standard InChI is InChI=1S/C14H13Cl2N3OS/c15-10-1-2-12(11(16)7-10)18-3-5-19(6-4-18)14(20)13-8-17-9-21-13/h1-2,7-9H,3-6H2. The molecule has 2 aromatic rings. The number of benzene rings is 1. The molecule has 0 unspecified atom stereocenters. The van der Waals surface area contributed by atoms with Crippen LogP contribution < -0.4 is 4.90 Å². The zero-order valence-electron chi connectivity index (χ0n) is 11.1. The van der Waals surface area contributed by atoms with Crippen LogP contribution in [-0.4, -0.2) is 42.0 Å². The molecule has 2 heterocycles. The van der Waals surface area contributed by atoms with Crippen molar-refractivity contribution in [1.29, 1.82) is 0 Å². The number of thiazole rings is 1. The molecular formula is C14H13Cl2N3OS. The molecule has 1 aromatic heterocycles.